The summed E-state index contributed by atoms with van der Waals surface area (Å²) >= 11 is 0. The SMILES string of the molecule is Cc1nn(C)c(N2CCCN3CCCC3C2)c1C#N. The fraction of sp³-hybridized carbons (Fsp3) is 0.714. The second kappa shape index (κ2) is 4.86. The Hall–Kier alpha value is -1.54. The van der Waals surface area contributed by atoms with Crippen molar-refractivity contribution in [1.82, 2.24) is 14.7 Å². The Morgan fingerprint density at radius 2 is 2.05 bits per heavy atom. The van der Waals surface area contributed by atoms with Gasteiger partial charge in [0.05, 0.1) is 5.69 Å². The lowest BCUT2D eigenvalue weighted by Crippen LogP contribution is -2.37. The summed E-state index contributed by atoms with van der Waals surface area (Å²) in [4.78, 5) is 4.98. The molecule has 1 aromatic heterocycles. The van der Waals surface area contributed by atoms with Crippen LogP contribution in [0.3, 0.4) is 0 Å². The number of nitrogens with zero attached hydrogens (tertiary/aromatic N) is 5. The van der Waals surface area contributed by atoms with Crippen LogP contribution < -0.4 is 4.90 Å². The first-order valence-electron chi connectivity index (χ1n) is 7.13. The molecule has 3 heterocycles. The van der Waals surface area contributed by atoms with Crippen molar-refractivity contribution in [2.45, 2.75) is 32.2 Å². The van der Waals surface area contributed by atoms with Gasteiger partial charge in [-0.3, -0.25) is 9.58 Å². The Labute approximate surface area is 114 Å². The summed E-state index contributed by atoms with van der Waals surface area (Å²) in [5.41, 5.74) is 1.58. The van der Waals surface area contributed by atoms with E-state index in [1.54, 1.807) is 0 Å². The molecule has 0 aromatic carbocycles. The van der Waals surface area contributed by atoms with E-state index < -0.39 is 0 Å². The number of fused-ring (bicyclic) bond motifs is 1. The van der Waals surface area contributed by atoms with E-state index in [-0.39, 0.29) is 0 Å². The molecule has 2 saturated heterocycles. The van der Waals surface area contributed by atoms with Crippen LogP contribution in [0.15, 0.2) is 0 Å². The monoisotopic (exact) mass is 259 g/mol. The number of aromatic nitrogens is 2. The first kappa shape index (κ1) is 12.5. The fourth-order valence-electron chi connectivity index (χ4n) is 3.54. The molecule has 1 aromatic rings. The maximum atomic E-state index is 9.36. The third-order valence-corrected chi connectivity index (χ3v) is 4.41. The summed E-state index contributed by atoms with van der Waals surface area (Å²) in [7, 11) is 1.94. The van der Waals surface area contributed by atoms with Gasteiger partial charge in [-0.1, -0.05) is 0 Å². The molecule has 1 unspecified atom stereocenters. The third-order valence-electron chi connectivity index (χ3n) is 4.41. The topological polar surface area (TPSA) is 48.1 Å². The van der Waals surface area contributed by atoms with Gasteiger partial charge in [-0.15, -0.1) is 0 Å². The number of nitriles is 1. The van der Waals surface area contributed by atoms with Crippen molar-refractivity contribution in [3.63, 3.8) is 0 Å². The van der Waals surface area contributed by atoms with Gasteiger partial charge in [0.25, 0.3) is 0 Å². The molecule has 5 nitrogen and oxygen atoms in total. The van der Waals surface area contributed by atoms with Crippen molar-refractivity contribution in [2.24, 2.45) is 7.05 Å². The van der Waals surface area contributed by atoms with Gasteiger partial charge >= 0.3 is 0 Å². The molecule has 3 rings (SSSR count). The molecule has 19 heavy (non-hydrogen) atoms. The molecule has 1 atom stereocenters. The van der Waals surface area contributed by atoms with Crippen LogP contribution in [0.1, 0.15) is 30.5 Å². The lowest BCUT2D eigenvalue weighted by molar-refractivity contribution is 0.273. The molecule has 0 spiro atoms. The molecule has 0 bridgehead atoms. The predicted molar refractivity (Wildman–Crippen MR) is 74.1 cm³/mol. The number of rotatable bonds is 1. The smallest absolute Gasteiger partial charge is 0.145 e. The molecular formula is C14H21N5. The summed E-state index contributed by atoms with van der Waals surface area (Å²) in [5.74, 6) is 1.01. The highest BCUT2D eigenvalue weighted by atomic mass is 15.4. The van der Waals surface area contributed by atoms with E-state index in [1.807, 2.05) is 18.7 Å². The second-order valence-electron chi connectivity index (χ2n) is 5.65. The zero-order valence-electron chi connectivity index (χ0n) is 11.8. The summed E-state index contributed by atoms with van der Waals surface area (Å²) < 4.78 is 1.87. The predicted octanol–water partition coefficient (Wildman–Crippen LogP) is 1.27. The number of hydrogen-bond donors (Lipinski definition) is 0. The third kappa shape index (κ3) is 2.10. The minimum absolute atomic E-state index is 0.657. The van der Waals surface area contributed by atoms with E-state index in [9.17, 15) is 5.26 Å². The van der Waals surface area contributed by atoms with Gasteiger partial charge in [-0.05, 0) is 32.7 Å². The average molecular weight is 259 g/mol. The van der Waals surface area contributed by atoms with Crippen LogP contribution in [-0.4, -0.2) is 46.9 Å². The van der Waals surface area contributed by atoms with E-state index in [1.165, 1.54) is 32.4 Å². The standard InChI is InChI=1S/C14H21N5/c1-11-13(9-15)14(17(2)16-11)19-8-4-7-18-6-3-5-12(18)10-19/h12H,3-8,10H2,1-2H3. The highest BCUT2D eigenvalue weighted by Gasteiger charge is 2.31. The van der Waals surface area contributed by atoms with E-state index in [4.69, 9.17) is 0 Å². The number of aryl methyl sites for hydroxylation is 2. The van der Waals surface area contributed by atoms with Crippen molar-refractivity contribution in [3.8, 4) is 6.07 Å². The Kier molecular flexibility index (Phi) is 3.19. The Morgan fingerprint density at radius 1 is 1.26 bits per heavy atom. The van der Waals surface area contributed by atoms with Gasteiger partial charge in [0.1, 0.15) is 17.5 Å². The van der Waals surface area contributed by atoms with Gasteiger partial charge in [0, 0.05) is 32.7 Å². The molecule has 5 heteroatoms. The quantitative estimate of drug-likeness (QED) is 0.762. The molecule has 2 aliphatic rings. The van der Waals surface area contributed by atoms with Crippen LogP contribution in [-0.2, 0) is 7.05 Å². The van der Waals surface area contributed by atoms with Crippen LogP contribution >= 0.6 is 0 Å². The lowest BCUT2D eigenvalue weighted by Gasteiger charge is -2.27. The summed E-state index contributed by atoms with van der Waals surface area (Å²) in [6.07, 6.45) is 3.77. The number of anilines is 1. The molecule has 0 saturated carbocycles. The van der Waals surface area contributed by atoms with Crippen molar-refractivity contribution >= 4 is 5.82 Å². The van der Waals surface area contributed by atoms with Gasteiger partial charge in [0.2, 0.25) is 0 Å². The molecule has 102 valence electrons. The summed E-state index contributed by atoms with van der Waals surface area (Å²) in [6.45, 7) is 6.42. The van der Waals surface area contributed by atoms with Crippen LogP contribution in [0.5, 0.6) is 0 Å². The van der Waals surface area contributed by atoms with Gasteiger partial charge in [-0.25, -0.2) is 0 Å². The molecule has 0 amide bonds. The maximum absolute atomic E-state index is 9.36. The van der Waals surface area contributed by atoms with Crippen molar-refractivity contribution < 1.29 is 0 Å². The van der Waals surface area contributed by atoms with E-state index in [0.29, 0.717) is 6.04 Å². The van der Waals surface area contributed by atoms with Crippen LogP contribution in [0, 0.1) is 18.3 Å². The van der Waals surface area contributed by atoms with Gasteiger partial charge in [0.15, 0.2) is 0 Å². The van der Waals surface area contributed by atoms with E-state index in [2.05, 4.69) is 21.0 Å². The second-order valence-corrected chi connectivity index (χ2v) is 5.65. The molecule has 0 N–H and O–H groups in total. The van der Waals surface area contributed by atoms with Crippen LogP contribution in [0.2, 0.25) is 0 Å². The summed E-state index contributed by atoms with van der Waals surface area (Å²) in [5, 5.41) is 13.8. The van der Waals surface area contributed by atoms with Crippen molar-refractivity contribution in [2.75, 3.05) is 31.1 Å². The van der Waals surface area contributed by atoms with Crippen LogP contribution in [0.4, 0.5) is 5.82 Å². The zero-order chi connectivity index (χ0) is 13.4. The Bertz CT molecular complexity index is 513. The van der Waals surface area contributed by atoms with Gasteiger partial charge in [-0.2, -0.15) is 10.4 Å². The Balaban J connectivity index is 1.91. The largest absolute Gasteiger partial charge is 0.354 e. The average Bonchev–Trinajstić information content (AvgIpc) is 2.87. The highest BCUT2D eigenvalue weighted by Crippen LogP contribution is 2.28. The van der Waals surface area contributed by atoms with E-state index >= 15 is 0 Å². The summed E-state index contributed by atoms with van der Waals surface area (Å²) in [6, 6.07) is 2.98. The van der Waals surface area contributed by atoms with Crippen molar-refractivity contribution in [3.05, 3.63) is 11.3 Å². The molecule has 2 fully saturated rings. The normalized spacial score (nSPS) is 24.1. The van der Waals surface area contributed by atoms with Crippen molar-refractivity contribution in [1.29, 1.82) is 5.26 Å². The molecule has 0 aliphatic carbocycles. The van der Waals surface area contributed by atoms with Gasteiger partial charge < -0.3 is 4.90 Å². The molecule has 2 aliphatic heterocycles. The van der Waals surface area contributed by atoms with Crippen LogP contribution in [0.25, 0.3) is 0 Å². The molecular weight excluding hydrogens is 238 g/mol. The number of hydrogen-bond acceptors (Lipinski definition) is 4. The minimum atomic E-state index is 0.657. The maximum Gasteiger partial charge on any atom is 0.145 e. The first-order valence-corrected chi connectivity index (χ1v) is 7.13. The fourth-order valence-corrected chi connectivity index (χ4v) is 3.54. The highest BCUT2D eigenvalue weighted by molar-refractivity contribution is 5.57. The first-order chi connectivity index (χ1) is 9.20. The molecule has 0 radical (unpaired) electrons. The Morgan fingerprint density at radius 3 is 2.84 bits per heavy atom. The van der Waals surface area contributed by atoms with E-state index in [0.717, 1.165) is 30.2 Å². The minimum Gasteiger partial charge on any atom is -0.354 e. The zero-order valence-corrected chi connectivity index (χ0v) is 11.8. The lowest BCUT2D eigenvalue weighted by atomic mass is 10.2.